The molecule has 0 aromatic carbocycles. The predicted molar refractivity (Wildman–Crippen MR) is 130 cm³/mol. The second kappa shape index (κ2) is 8.88. The fraction of sp³-hybridized carbons (Fsp3) is 0.462. The van der Waals surface area contributed by atoms with Gasteiger partial charge in [0.15, 0.2) is 0 Å². The number of barbiturate groups is 1. The monoisotopic (exact) mass is 476 g/mol. The van der Waals surface area contributed by atoms with Crippen LogP contribution >= 0.6 is 11.3 Å². The molecule has 5 rings (SSSR count). The number of aromatic nitrogens is 1. The first kappa shape index (κ1) is 22.6. The molecule has 34 heavy (non-hydrogen) atoms. The topological polar surface area (TPSA) is 95.2 Å². The van der Waals surface area contributed by atoms with Crippen LogP contribution in [0.4, 0.5) is 4.79 Å². The maximum absolute atomic E-state index is 13.3. The number of aryl methyl sites for hydroxylation is 2. The lowest BCUT2D eigenvalue weighted by molar-refractivity contribution is -0.132. The van der Waals surface area contributed by atoms with Gasteiger partial charge < -0.3 is 4.57 Å². The van der Waals surface area contributed by atoms with E-state index in [0.717, 1.165) is 85.3 Å². The van der Waals surface area contributed by atoms with Crippen LogP contribution in [0, 0.1) is 25.2 Å². The Hall–Kier alpha value is -3.18. The van der Waals surface area contributed by atoms with Crippen LogP contribution < -0.4 is 5.32 Å². The normalized spacial score (nSPS) is 20.4. The zero-order valence-corrected chi connectivity index (χ0v) is 20.4. The number of hydrogen-bond acceptors (Lipinski definition) is 5. The molecule has 2 fully saturated rings. The van der Waals surface area contributed by atoms with E-state index in [-0.39, 0.29) is 11.6 Å². The van der Waals surface area contributed by atoms with Gasteiger partial charge in [0.1, 0.15) is 16.6 Å². The van der Waals surface area contributed by atoms with Crippen LogP contribution in [-0.4, -0.2) is 33.4 Å². The average Bonchev–Trinajstić information content (AvgIpc) is 3.32. The highest BCUT2D eigenvalue weighted by molar-refractivity contribution is 7.15. The number of nitriles is 1. The van der Waals surface area contributed by atoms with Crippen molar-refractivity contribution in [3.63, 3.8) is 0 Å². The van der Waals surface area contributed by atoms with Crippen molar-refractivity contribution in [2.45, 2.75) is 77.7 Å². The molecule has 2 aliphatic carbocycles. The van der Waals surface area contributed by atoms with Crippen LogP contribution in [0.15, 0.2) is 11.6 Å². The predicted octanol–water partition coefficient (Wildman–Crippen LogP) is 4.70. The number of imide groups is 2. The first-order valence-electron chi connectivity index (χ1n) is 12.0. The second-order valence-corrected chi connectivity index (χ2v) is 10.5. The first-order chi connectivity index (χ1) is 16.4. The van der Waals surface area contributed by atoms with Gasteiger partial charge in [-0.3, -0.25) is 19.8 Å². The first-order valence-corrected chi connectivity index (χ1v) is 12.9. The van der Waals surface area contributed by atoms with Gasteiger partial charge in [0.05, 0.1) is 5.56 Å². The summed E-state index contributed by atoms with van der Waals surface area (Å²) in [7, 11) is 0. The lowest BCUT2D eigenvalue weighted by Crippen LogP contribution is -2.58. The summed E-state index contributed by atoms with van der Waals surface area (Å²) in [5.74, 6) is -1.18. The van der Waals surface area contributed by atoms with Crippen molar-refractivity contribution >= 4 is 35.3 Å². The minimum Gasteiger partial charge on any atom is -0.308 e. The number of rotatable bonds is 3. The largest absolute Gasteiger partial charge is 0.331 e. The molecule has 1 N–H and O–H groups in total. The van der Waals surface area contributed by atoms with Gasteiger partial charge in [0.25, 0.3) is 11.8 Å². The average molecular weight is 477 g/mol. The molecule has 4 amide bonds. The highest BCUT2D eigenvalue weighted by atomic mass is 32.1. The highest BCUT2D eigenvalue weighted by Crippen LogP contribution is 2.38. The van der Waals surface area contributed by atoms with Gasteiger partial charge in [-0.2, -0.15) is 5.26 Å². The fourth-order valence-electron chi connectivity index (χ4n) is 5.57. The number of carbonyl (C=O) groups excluding carboxylic acids is 3. The summed E-state index contributed by atoms with van der Waals surface area (Å²) in [6.07, 6.45) is 10.4. The molecule has 0 spiro atoms. The minimum atomic E-state index is -0.656. The molecule has 3 aliphatic rings. The smallest absolute Gasteiger partial charge is 0.308 e. The van der Waals surface area contributed by atoms with Crippen molar-refractivity contribution < 1.29 is 14.4 Å². The van der Waals surface area contributed by atoms with Crippen LogP contribution in [0.5, 0.6) is 0 Å². The van der Waals surface area contributed by atoms with E-state index in [1.54, 1.807) is 17.4 Å². The Bertz CT molecular complexity index is 1270. The molecule has 0 atom stereocenters. The Kier molecular flexibility index (Phi) is 5.90. The van der Waals surface area contributed by atoms with Crippen molar-refractivity contribution in [1.29, 1.82) is 5.26 Å². The van der Waals surface area contributed by atoms with E-state index in [2.05, 4.69) is 16.0 Å². The standard InChI is InChI=1S/C26H28N4O3S/c1-15-12-17(16(2)29(15)25-21(14-27)19-10-6-7-11-22(19)34-25)13-20-23(31)28-26(33)30(24(20)32)18-8-4-3-5-9-18/h12-13,18H,3-11H2,1-2H3,(H,28,31,33)/b20-13-. The molecule has 1 aliphatic heterocycles. The Balaban J connectivity index is 1.54. The summed E-state index contributed by atoms with van der Waals surface area (Å²) < 4.78 is 2.06. The Morgan fingerprint density at radius 2 is 1.82 bits per heavy atom. The summed E-state index contributed by atoms with van der Waals surface area (Å²) in [5.41, 5.74) is 4.43. The third-order valence-corrected chi connectivity index (χ3v) is 8.59. The Labute approximate surface area is 203 Å². The minimum absolute atomic E-state index is 0.0172. The van der Waals surface area contributed by atoms with E-state index >= 15 is 0 Å². The molecule has 8 heteroatoms. The van der Waals surface area contributed by atoms with Crippen LogP contribution in [-0.2, 0) is 22.4 Å². The van der Waals surface area contributed by atoms with E-state index < -0.39 is 17.8 Å². The fourth-order valence-corrected chi connectivity index (χ4v) is 7.02. The molecule has 1 saturated carbocycles. The Morgan fingerprint density at radius 3 is 2.56 bits per heavy atom. The molecule has 2 aromatic heterocycles. The van der Waals surface area contributed by atoms with Crippen LogP contribution in [0.2, 0.25) is 0 Å². The lowest BCUT2D eigenvalue weighted by atomic mass is 9.93. The van der Waals surface area contributed by atoms with E-state index in [0.29, 0.717) is 0 Å². The molecular weight excluding hydrogens is 448 g/mol. The summed E-state index contributed by atoms with van der Waals surface area (Å²) in [6, 6.07) is 3.57. The van der Waals surface area contributed by atoms with Crippen molar-refractivity contribution in [1.82, 2.24) is 14.8 Å². The molecule has 176 valence electrons. The summed E-state index contributed by atoms with van der Waals surface area (Å²) in [5, 5.41) is 13.2. The molecule has 0 radical (unpaired) electrons. The van der Waals surface area contributed by atoms with Crippen molar-refractivity contribution in [2.24, 2.45) is 0 Å². The highest BCUT2D eigenvalue weighted by Gasteiger charge is 2.40. The molecule has 0 unspecified atom stereocenters. The number of urea groups is 1. The van der Waals surface area contributed by atoms with Gasteiger partial charge in [-0.25, -0.2) is 4.79 Å². The van der Waals surface area contributed by atoms with E-state index in [1.165, 1.54) is 15.3 Å². The zero-order chi connectivity index (χ0) is 24.0. The van der Waals surface area contributed by atoms with E-state index in [4.69, 9.17) is 0 Å². The van der Waals surface area contributed by atoms with Gasteiger partial charge in [-0.05, 0) is 75.6 Å². The third-order valence-electron chi connectivity index (χ3n) is 7.31. The molecular formula is C26H28N4O3S. The van der Waals surface area contributed by atoms with E-state index in [9.17, 15) is 19.6 Å². The van der Waals surface area contributed by atoms with Gasteiger partial charge >= 0.3 is 6.03 Å². The maximum Gasteiger partial charge on any atom is 0.331 e. The maximum atomic E-state index is 13.3. The van der Waals surface area contributed by atoms with E-state index in [1.807, 2.05) is 19.9 Å². The van der Waals surface area contributed by atoms with Crippen LogP contribution in [0.3, 0.4) is 0 Å². The van der Waals surface area contributed by atoms with Crippen molar-refractivity contribution in [2.75, 3.05) is 0 Å². The number of nitrogens with one attached hydrogen (secondary N) is 1. The number of hydrogen-bond donors (Lipinski definition) is 1. The summed E-state index contributed by atoms with van der Waals surface area (Å²) in [6.45, 7) is 3.91. The number of fused-ring (bicyclic) bond motifs is 1. The van der Waals surface area contributed by atoms with Gasteiger partial charge in [-0.15, -0.1) is 11.3 Å². The third kappa shape index (κ3) is 3.68. The SMILES string of the molecule is Cc1cc(/C=C2/C(=O)NC(=O)N(C3CCCCC3)C2=O)c(C)n1-c1sc2c(c1C#N)CCCC2. The zero-order valence-electron chi connectivity index (χ0n) is 19.6. The van der Waals surface area contributed by atoms with Gasteiger partial charge in [-0.1, -0.05) is 19.3 Å². The molecule has 1 saturated heterocycles. The summed E-state index contributed by atoms with van der Waals surface area (Å²) >= 11 is 1.67. The quantitative estimate of drug-likeness (QED) is 0.513. The van der Waals surface area contributed by atoms with Crippen molar-refractivity contribution in [3.05, 3.63) is 44.6 Å². The number of nitrogens with zero attached hydrogens (tertiary/aromatic N) is 3. The van der Waals surface area contributed by atoms with Crippen LogP contribution in [0.1, 0.15) is 77.9 Å². The molecule has 2 aromatic rings. The molecule has 3 heterocycles. The second-order valence-electron chi connectivity index (χ2n) is 9.45. The number of amides is 4. The number of carbonyl (C=O) groups is 3. The number of thiophene rings is 1. The van der Waals surface area contributed by atoms with Gasteiger partial charge in [0.2, 0.25) is 0 Å². The molecule has 7 nitrogen and oxygen atoms in total. The van der Waals surface area contributed by atoms with Crippen molar-refractivity contribution in [3.8, 4) is 11.1 Å². The lowest BCUT2D eigenvalue weighted by Gasteiger charge is -2.35. The summed E-state index contributed by atoms with van der Waals surface area (Å²) in [4.78, 5) is 41.0. The van der Waals surface area contributed by atoms with Gasteiger partial charge in [0, 0.05) is 22.3 Å². The van der Waals surface area contributed by atoms with Crippen LogP contribution in [0.25, 0.3) is 11.1 Å². The Morgan fingerprint density at radius 1 is 1.09 bits per heavy atom. The molecule has 0 bridgehead atoms.